The highest BCUT2D eigenvalue weighted by Crippen LogP contribution is 2.27. The van der Waals surface area contributed by atoms with Crippen LogP contribution in [0.1, 0.15) is 5.56 Å². The molecule has 0 unspecified atom stereocenters. The monoisotopic (exact) mass is 303 g/mol. The molecule has 3 nitrogen and oxygen atoms in total. The minimum atomic E-state index is -0.0842. The first kappa shape index (κ1) is 14.9. The number of amides is 1. The van der Waals surface area contributed by atoms with E-state index >= 15 is 0 Å². The van der Waals surface area contributed by atoms with Crippen LogP contribution >= 0.6 is 0 Å². The Hall–Kier alpha value is -3.07. The lowest BCUT2D eigenvalue weighted by Crippen LogP contribution is -2.14. The van der Waals surface area contributed by atoms with Gasteiger partial charge in [-0.1, -0.05) is 60.7 Å². The molecule has 2 N–H and O–H groups in total. The predicted octanol–water partition coefficient (Wildman–Crippen LogP) is 4.24. The maximum absolute atomic E-state index is 12.3. The lowest BCUT2D eigenvalue weighted by molar-refractivity contribution is -0.115. The van der Waals surface area contributed by atoms with Crippen LogP contribution in [-0.2, 0) is 11.2 Å². The quantitative estimate of drug-likeness (QED) is 0.757. The Kier molecular flexibility index (Phi) is 4.39. The second-order valence-electron chi connectivity index (χ2n) is 5.30. The molecule has 0 heterocycles. The van der Waals surface area contributed by atoms with Gasteiger partial charge in [0.2, 0.25) is 5.91 Å². The zero-order valence-corrected chi connectivity index (χ0v) is 12.6. The average Bonchev–Trinajstić information content (AvgIpc) is 2.58. The lowest BCUT2D eigenvalue weighted by atomic mass is 10.0. The number of benzene rings is 3. The van der Waals surface area contributed by atoms with Gasteiger partial charge < -0.3 is 10.4 Å². The summed E-state index contributed by atoms with van der Waals surface area (Å²) in [6, 6.07) is 24.4. The van der Waals surface area contributed by atoms with Crippen molar-refractivity contribution in [3.05, 3.63) is 84.4 Å². The van der Waals surface area contributed by atoms with Crippen molar-refractivity contribution < 1.29 is 9.90 Å². The van der Waals surface area contributed by atoms with Gasteiger partial charge >= 0.3 is 0 Å². The summed E-state index contributed by atoms with van der Waals surface area (Å²) in [5.41, 5.74) is 3.71. The van der Waals surface area contributed by atoms with Gasteiger partial charge in [-0.05, 0) is 29.3 Å². The van der Waals surface area contributed by atoms with Crippen LogP contribution in [0.15, 0.2) is 78.9 Å². The first-order valence-corrected chi connectivity index (χ1v) is 7.44. The largest absolute Gasteiger partial charge is 0.508 e. The molecule has 0 aliphatic heterocycles. The maximum Gasteiger partial charge on any atom is 0.228 e. The first-order valence-electron chi connectivity index (χ1n) is 7.44. The highest BCUT2D eigenvalue weighted by Gasteiger charge is 2.08. The number of rotatable bonds is 4. The van der Waals surface area contributed by atoms with Crippen LogP contribution in [0.3, 0.4) is 0 Å². The number of carbonyl (C=O) groups excluding carboxylic acids is 1. The van der Waals surface area contributed by atoms with Crippen molar-refractivity contribution in [2.24, 2.45) is 0 Å². The van der Waals surface area contributed by atoms with Gasteiger partial charge in [0.1, 0.15) is 5.75 Å². The van der Waals surface area contributed by atoms with Gasteiger partial charge in [-0.3, -0.25) is 4.79 Å². The van der Waals surface area contributed by atoms with E-state index in [0.29, 0.717) is 0 Å². The maximum atomic E-state index is 12.3. The smallest absolute Gasteiger partial charge is 0.228 e. The zero-order valence-electron chi connectivity index (χ0n) is 12.6. The fourth-order valence-corrected chi connectivity index (χ4v) is 2.46. The SMILES string of the molecule is O=C(Cc1ccc(O)cc1)Nc1ccccc1-c1ccccc1. The van der Waals surface area contributed by atoms with Crippen LogP contribution in [0, 0.1) is 0 Å². The van der Waals surface area contributed by atoms with E-state index in [9.17, 15) is 9.90 Å². The molecule has 0 aliphatic rings. The average molecular weight is 303 g/mol. The third-order valence-electron chi connectivity index (χ3n) is 3.59. The molecule has 0 spiro atoms. The van der Waals surface area contributed by atoms with Gasteiger partial charge in [0, 0.05) is 11.3 Å². The highest BCUT2D eigenvalue weighted by molar-refractivity contribution is 5.96. The Bertz CT molecular complexity index is 795. The number of aromatic hydroxyl groups is 1. The van der Waals surface area contributed by atoms with Gasteiger partial charge in [0.05, 0.1) is 6.42 Å². The Labute approximate surface area is 135 Å². The second-order valence-corrected chi connectivity index (χ2v) is 5.30. The van der Waals surface area contributed by atoms with Gasteiger partial charge in [-0.15, -0.1) is 0 Å². The summed E-state index contributed by atoms with van der Waals surface area (Å²) in [4.78, 5) is 12.3. The molecular formula is C20H17NO2. The van der Waals surface area contributed by atoms with Crippen LogP contribution < -0.4 is 5.32 Å². The van der Waals surface area contributed by atoms with Crippen molar-refractivity contribution in [2.45, 2.75) is 6.42 Å². The van der Waals surface area contributed by atoms with Gasteiger partial charge in [-0.25, -0.2) is 0 Å². The van der Waals surface area contributed by atoms with Crippen molar-refractivity contribution >= 4 is 11.6 Å². The molecule has 0 atom stereocenters. The fraction of sp³-hybridized carbons (Fsp3) is 0.0500. The van der Waals surface area contributed by atoms with Crippen LogP contribution in [0.2, 0.25) is 0 Å². The summed E-state index contributed by atoms with van der Waals surface area (Å²) in [6.45, 7) is 0. The van der Waals surface area contributed by atoms with E-state index in [1.165, 1.54) is 0 Å². The van der Waals surface area contributed by atoms with Gasteiger partial charge in [-0.2, -0.15) is 0 Å². The highest BCUT2D eigenvalue weighted by atomic mass is 16.3. The van der Waals surface area contributed by atoms with E-state index in [4.69, 9.17) is 0 Å². The number of anilines is 1. The molecule has 3 aromatic rings. The fourth-order valence-electron chi connectivity index (χ4n) is 2.46. The first-order chi connectivity index (χ1) is 11.2. The third kappa shape index (κ3) is 3.77. The number of carbonyl (C=O) groups is 1. The molecule has 23 heavy (non-hydrogen) atoms. The van der Waals surface area contributed by atoms with Crippen molar-refractivity contribution in [1.29, 1.82) is 0 Å². The van der Waals surface area contributed by atoms with E-state index in [1.807, 2.05) is 54.6 Å². The topological polar surface area (TPSA) is 49.3 Å². The molecule has 3 rings (SSSR count). The molecule has 0 saturated heterocycles. The lowest BCUT2D eigenvalue weighted by Gasteiger charge is -2.11. The number of hydrogen-bond donors (Lipinski definition) is 2. The minimum Gasteiger partial charge on any atom is -0.508 e. The Morgan fingerprint density at radius 1 is 0.826 bits per heavy atom. The molecule has 0 fully saturated rings. The van der Waals surface area contributed by atoms with Crippen molar-refractivity contribution in [3.8, 4) is 16.9 Å². The summed E-state index contributed by atoms with van der Waals surface area (Å²) in [5, 5.41) is 12.3. The summed E-state index contributed by atoms with van der Waals surface area (Å²) in [5.74, 6) is 0.114. The molecule has 0 radical (unpaired) electrons. The third-order valence-corrected chi connectivity index (χ3v) is 3.59. The number of phenolic OH excluding ortho intramolecular Hbond substituents is 1. The number of phenols is 1. The number of nitrogens with one attached hydrogen (secondary N) is 1. The molecule has 0 bridgehead atoms. The molecule has 0 aromatic heterocycles. The molecule has 3 heteroatoms. The normalized spacial score (nSPS) is 10.3. The Morgan fingerprint density at radius 2 is 1.48 bits per heavy atom. The van der Waals surface area contributed by atoms with Crippen molar-refractivity contribution in [2.75, 3.05) is 5.32 Å². The van der Waals surface area contributed by atoms with E-state index < -0.39 is 0 Å². The van der Waals surface area contributed by atoms with Gasteiger partial charge in [0.25, 0.3) is 0 Å². The van der Waals surface area contributed by atoms with Crippen LogP contribution in [-0.4, -0.2) is 11.0 Å². The Balaban J connectivity index is 1.78. The van der Waals surface area contributed by atoms with E-state index in [2.05, 4.69) is 5.32 Å². The predicted molar refractivity (Wildman–Crippen MR) is 92.3 cm³/mol. The van der Waals surface area contributed by atoms with E-state index in [0.717, 1.165) is 22.4 Å². The standard InChI is InChI=1S/C20H17NO2/c22-17-12-10-15(11-13-17)14-20(23)21-19-9-5-4-8-18(19)16-6-2-1-3-7-16/h1-13,22H,14H2,(H,21,23). The van der Waals surface area contributed by atoms with Crippen LogP contribution in [0.25, 0.3) is 11.1 Å². The zero-order chi connectivity index (χ0) is 16.1. The molecule has 3 aromatic carbocycles. The van der Waals surface area contributed by atoms with Crippen LogP contribution in [0.4, 0.5) is 5.69 Å². The van der Waals surface area contributed by atoms with Gasteiger partial charge in [0.15, 0.2) is 0 Å². The summed E-state index contributed by atoms with van der Waals surface area (Å²) in [6.07, 6.45) is 0.267. The van der Waals surface area contributed by atoms with Crippen molar-refractivity contribution in [3.63, 3.8) is 0 Å². The Morgan fingerprint density at radius 3 is 2.22 bits per heavy atom. The summed E-state index contributed by atoms with van der Waals surface area (Å²) < 4.78 is 0. The molecule has 114 valence electrons. The van der Waals surface area contributed by atoms with Crippen molar-refractivity contribution in [1.82, 2.24) is 0 Å². The second kappa shape index (κ2) is 6.79. The molecule has 0 aliphatic carbocycles. The van der Waals surface area contributed by atoms with E-state index in [-0.39, 0.29) is 18.1 Å². The molecule has 0 saturated carbocycles. The molecular weight excluding hydrogens is 286 g/mol. The van der Waals surface area contributed by atoms with E-state index in [1.54, 1.807) is 24.3 Å². The number of para-hydroxylation sites is 1. The summed E-state index contributed by atoms with van der Waals surface area (Å²) >= 11 is 0. The summed E-state index contributed by atoms with van der Waals surface area (Å²) in [7, 11) is 0. The number of hydrogen-bond acceptors (Lipinski definition) is 2. The minimum absolute atomic E-state index is 0.0842. The molecule has 1 amide bonds. The van der Waals surface area contributed by atoms with Crippen LogP contribution in [0.5, 0.6) is 5.75 Å².